The first-order chi connectivity index (χ1) is 8.24. The molecule has 0 bridgehead atoms. The first kappa shape index (κ1) is 12.9. The monoisotopic (exact) mass is 235 g/mol. The molecule has 1 rings (SSSR count). The second kappa shape index (κ2) is 7.16. The third kappa shape index (κ3) is 4.92. The molecule has 0 amide bonds. The molecule has 0 aromatic heterocycles. The van der Waals surface area contributed by atoms with Crippen LogP contribution in [0.25, 0.3) is 0 Å². The Morgan fingerprint density at radius 1 is 1.35 bits per heavy atom. The normalized spacial score (nSPS) is 10.9. The van der Waals surface area contributed by atoms with Crippen LogP contribution in [-0.4, -0.2) is 29.7 Å². The second-order valence-corrected chi connectivity index (χ2v) is 3.29. The number of rotatable bonds is 7. The molecule has 90 valence electrons. The molecule has 1 aromatic carbocycles. The number of hydrogen-bond donors (Lipinski definition) is 1. The molecule has 0 unspecified atom stereocenters. The SMILES string of the molecule is O=CC(=NOCCCC(=O)O)c1ccccc1. The summed E-state index contributed by atoms with van der Waals surface area (Å²) >= 11 is 0. The zero-order chi connectivity index (χ0) is 12.5. The Balaban J connectivity index is 2.46. The van der Waals surface area contributed by atoms with E-state index >= 15 is 0 Å². The van der Waals surface area contributed by atoms with Gasteiger partial charge in [-0.1, -0.05) is 35.5 Å². The van der Waals surface area contributed by atoms with E-state index in [9.17, 15) is 9.59 Å². The van der Waals surface area contributed by atoms with Gasteiger partial charge in [0.05, 0.1) is 0 Å². The topological polar surface area (TPSA) is 76.0 Å². The highest BCUT2D eigenvalue weighted by Gasteiger charge is 2.02. The third-order valence-electron chi connectivity index (χ3n) is 1.97. The summed E-state index contributed by atoms with van der Waals surface area (Å²) in [5.74, 6) is -0.878. The smallest absolute Gasteiger partial charge is 0.303 e. The van der Waals surface area contributed by atoms with Crippen LogP contribution in [0.2, 0.25) is 0 Å². The van der Waals surface area contributed by atoms with Crippen molar-refractivity contribution >= 4 is 18.0 Å². The van der Waals surface area contributed by atoms with Crippen LogP contribution in [-0.2, 0) is 14.4 Å². The van der Waals surface area contributed by atoms with Crippen molar-refractivity contribution in [1.29, 1.82) is 0 Å². The summed E-state index contributed by atoms with van der Waals surface area (Å²) < 4.78 is 0. The summed E-state index contributed by atoms with van der Waals surface area (Å²) in [5.41, 5.74) is 0.863. The Kier molecular flexibility index (Phi) is 5.43. The number of benzene rings is 1. The van der Waals surface area contributed by atoms with Crippen molar-refractivity contribution in [2.24, 2.45) is 5.16 Å². The molecule has 5 heteroatoms. The Labute approximate surface area is 98.7 Å². The van der Waals surface area contributed by atoms with Gasteiger partial charge in [0.15, 0.2) is 6.29 Å². The molecule has 0 fully saturated rings. The number of aliphatic carboxylic acids is 1. The molecule has 0 spiro atoms. The molecule has 0 saturated heterocycles. The van der Waals surface area contributed by atoms with E-state index in [0.29, 0.717) is 18.3 Å². The number of nitrogens with zero attached hydrogens (tertiary/aromatic N) is 1. The molecule has 1 N–H and O–H groups in total. The predicted octanol–water partition coefficient (Wildman–Crippen LogP) is 1.47. The molecule has 0 heterocycles. The Bertz CT molecular complexity index is 400. The number of carbonyl (C=O) groups excluding carboxylic acids is 1. The Hall–Kier alpha value is -2.17. The highest BCUT2D eigenvalue weighted by molar-refractivity contribution is 6.36. The van der Waals surface area contributed by atoms with Crippen LogP contribution >= 0.6 is 0 Å². The third-order valence-corrected chi connectivity index (χ3v) is 1.97. The molecule has 1 aromatic rings. The van der Waals surface area contributed by atoms with Gasteiger partial charge >= 0.3 is 5.97 Å². The van der Waals surface area contributed by atoms with Gasteiger partial charge in [0.1, 0.15) is 12.3 Å². The maximum atomic E-state index is 10.8. The van der Waals surface area contributed by atoms with Crippen molar-refractivity contribution in [1.82, 2.24) is 0 Å². The predicted molar refractivity (Wildman–Crippen MR) is 61.9 cm³/mol. The van der Waals surface area contributed by atoms with E-state index in [-0.39, 0.29) is 18.7 Å². The number of aldehydes is 1. The average Bonchev–Trinajstić information content (AvgIpc) is 2.34. The van der Waals surface area contributed by atoms with E-state index in [4.69, 9.17) is 9.94 Å². The van der Waals surface area contributed by atoms with Crippen LogP contribution in [0.4, 0.5) is 0 Å². The fourth-order valence-corrected chi connectivity index (χ4v) is 1.15. The number of carboxylic acid groups (broad SMARTS) is 1. The number of hydrogen-bond acceptors (Lipinski definition) is 4. The molecule has 0 aliphatic heterocycles. The number of oxime groups is 1. The van der Waals surface area contributed by atoms with Gasteiger partial charge in [-0.15, -0.1) is 0 Å². The molecule has 0 aliphatic carbocycles. The standard InChI is InChI=1S/C12H13NO4/c14-9-11(10-5-2-1-3-6-10)13-17-8-4-7-12(15)16/h1-3,5-6,9H,4,7-8H2,(H,15,16). The van der Waals surface area contributed by atoms with Crippen LogP contribution in [0.5, 0.6) is 0 Å². The van der Waals surface area contributed by atoms with Gasteiger partial charge in [-0.25, -0.2) is 0 Å². The van der Waals surface area contributed by atoms with Gasteiger partial charge in [-0.05, 0) is 6.42 Å². The van der Waals surface area contributed by atoms with Gasteiger partial charge < -0.3 is 9.94 Å². The van der Waals surface area contributed by atoms with Crippen molar-refractivity contribution in [2.45, 2.75) is 12.8 Å². The van der Waals surface area contributed by atoms with Crippen molar-refractivity contribution in [3.05, 3.63) is 35.9 Å². The summed E-state index contributed by atoms with van der Waals surface area (Å²) in [7, 11) is 0. The summed E-state index contributed by atoms with van der Waals surface area (Å²) in [5, 5.41) is 12.1. The van der Waals surface area contributed by atoms with Gasteiger partial charge in [0.25, 0.3) is 0 Å². The lowest BCUT2D eigenvalue weighted by Crippen LogP contribution is -2.04. The molecular weight excluding hydrogens is 222 g/mol. The summed E-state index contributed by atoms with van der Waals surface area (Å²) in [6, 6.07) is 8.90. The molecule has 0 aliphatic rings. The highest BCUT2D eigenvalue weighted by atomic mass is 16.6. The van der Waals surface area contributed by atoms with E-state index < -0.39 is 5.97 Å². The van der Waals surface area contributed by atoms with Crippen molar-refractivity contribution in [3.63, 3.8) is 0 Å². The maximum absolute atomic E-state index is 10.8. The van der Waals surface area contributed by atoms with E-state index in [1.807, 2.05) is 6.07 Å². The van der Waals surface area contributed by atoms with Gasteiger partial charge in [0, 0.05) is 12.0 Å². The second-order valence-electron chi connectivity index (χ2n) is 3.29. The van der Waals surface area contributed by atoms with Crippen LogP contribution in [0.1, 0.15) is 18.4 Å². The van der Waals surface area contributed by atoms with Gasteiger partial charge in [0.2, 0.25) is 0 Å². The van der Waals surface area contributed by atoms with Gasteiger partial charge in [-0.3, -0.25) is 9.59 Å². The van der Waals surface area contributed by atoms with Gasteiger partial charge in [-0.2, -0.15) is 0 Å². The molecule has 17 heavy (non-hydrogen) atoms. The molecule has 5 nitrogen and oxygen atoms in total. The minimum absolute atomic E-state index is 0.0251. The lowest BCUT2D eigenvalue weighted by atomic mass is 10.1. The van der Waals surface area contributed by atoms with E-state index in [1.54, 1.807) is 24.3 Å². The molecular formula is C12H13NO4. The summed E-state index contributed by atoms with van der Waals surface area (Å²) in [6.07, 6.45) is 0.990. The minimum Gasteiger partial charge on any atom is -0.481 e. The minimum atomic E-state index is -0.878. The van der Waals surface area contributed by atoms with Crippen LogP contribution in [0.3, 0.4) is 0 Å². The molecule has 0 radical (unpaired) electrons. The molecule has 0 saturated carbocycles. The lowest BCUT2D eigenvalue weighted by molar-refractivity contribution is -0.137. The maximum Gasteiger partial charge on any atom is 0.303 e. The van der Waals surface area contributed by atoms with Crippen molar-refractivity contribution in [2.75, 3.05) is 6.61 Å². The average molecular weight is 235 g/mol. The quantitative estimate of drug-likeness (QED) is 0.336. The highest BCUT2D eigenvalue weighted by Crippen LogP contribution is 2.00. The Morgan fingerprint density at radius 3 is 2.65 bits per heavy atom. The zero-order valence-corrected chi connectivity index (χ0v) is 9.20. The fourth-order valence-electron chi connectivity index (χ4n) is 1.15. The summed E-state index contributed by atoms with van der Waals surface area (Å²) in [4.78, 5) is 25.9. The first-order valence-corrected chi connectivity index (χ1v) is 5.16. The summed E-state index contributed by atoms with van der Waals surface area (Å²) in [6.45, 7) is 0.177. The van der Waals surface area contributed by atoms with Crippen LogP contribution in [0.15, 0.2) is 35.5 Å². The first-order valence-electron chi connectivity index (χ1n) is 5.16. The number of carbonyl (C=O) groups is 2. The zero-order valence-electron chi connectivity index (χ0n) is 9.20. The lowest BCUT2D eigenvalue weighted by Gasteiger charge is -2.00. The van der Waals surface area contributed by atoms with E-state index in [2.05, 4.69) is 5.16 Å². The largest absolute Gasteiger partial charge is 0.481 e. The van der Waals surface area contributed by atoms with Crippen LogP contribution in [0, 0.1) is 0 Å². The van der Waals surface area contributed by atoms with E-state index in [1.165, 1.54) is 0 Å². The fraction of sp³-hybridized carbons (Fsp3) is 0.250. The van der Waals surface area contributed by atoms with E-state index in [0.717, 1.165) is 0 Å². The number of carboxylic acids is 1. The Morgan fingerprint density at radius 2 is 2.06 bits per heavy atom. The van der Waals surface area contributed by atoms with Crippen LogP contribution < -0.4 is 0 Å². The molecule has 0 atom stereocenters. The van der Waals surface area contributed by atoms with Crippen molar-refractivity contribution < 1.29 is 19.5 Å². The van der Waals surface area contributed by atoms with Crippen molar-refractivity contribution in [3.8, 4) is 0 Å².